The minimum Gasteiger partial charge on any atom is -0.391 e. The van der Waals surface area contributed by atoms with Crippen LogP contribution in [-0.2, 0) is 4.79 Å². The molecule has 2 aliphatic heterocycles. The molecule has 0 saturated carbocycles. The molecule has 4 nitrogen and oxygen atoms in total. The number of hydrogen-bond acceptors (Lipinski definition) is 3. The molecule has 0 spiro atoms. The van der Waals surface area contributed by atoms with Gasteiger partial charge in [-0.1, -0.05) is 6.92 Å². The van der Waals surface area contributed by atoms with Crippen LogP contribution in [0.1, 0.15) is 13.8 Å². The largest absolute Gasteiger partial charge is 0.391 e. The maximum atomic E-state index is 12.0. The highest BCUT2D eigenvalue weighted by molar-refractivity contribution is 5.84. The van der Waals surface area contributed by atoms with Crippen LogP contribution in [0.5, 0.6) is 0 Å². The van der Waals surface area contributed by atoms with E-state index >= 15 is 0 Å². The Balaban J connectivity index is 1.99. The van der Waals surface area contributed by atoms with Crippen LogP contribution < -0.4 is 5.32 Å². The number of nitrogens with one attached hydrogen (secondary N) is 1. The molecule has 4 heteroatoms. The van der Waals surface area contributed by atoms with Crippen LogP contribution in [0.4, 0.5) is 0 Å². The summed E-state index contributed by atoms with van der Waals surface area (Å²) in [4.78, 5) is 13.8. The zero-order chi connectivity index (χ0) is 10.3. The smallest absolute Gasteiger partial charge is 0.231 e. The monoisotopic (exact) mass is 198 g/mol. The van der Waals surface area contributed by atoms with Crippen LogP contribution in [0.25, 0.3) is 0 Å². The van der Waals surface area contributed by atoms with E-state index < -0.39 is 0 Å². The van der Waals surface area contributed by atoms with E-state index in [1.807, 2.05) is 13.8 Å². The third-order valence-corrected chi connectivity index (χ3v) is 3.41. The van der Waals surface area contributed by atoms with Crippen molar-refractivity contribution in [2.24, 2.45) is 11.3 Å². The molecule has 0 radical (unpaired) electrons. The number of rotatable bonds is 1. The van der Waals surface area contributed by atoms with E-state index in [2.05, 4.69) is 5.32 Å². The Kier molecular flexibility index (Phi) is 2.27. The average Bonchev–Trinajstić information content (AvgIpc) is 2.42. The third-order valence-electron chi connectivity index (χ3n) is 3.41. The lowest BCUT2D eigenvalue weighted by atomic mass is 9.82. The van der Waals surface area contributed by atoms with E-state index in [1.54, 1.807) is 4.90 Å². The predicted octanol–water partition coefficient (Wildman–Crippen LogP) is -0.565. The second-order valence-corrected chi connectivity index (χ2v) is 4.92. The molecule has 2 atom stereocenters. The molecule has 2 unspecified atom stereocenters. The summed E-state index contributed by atoms with van der Waals surface area (Å²) in [6, 6.07) is 0. The highest BCUT2D eigenvalue weighted by Crippen LogP contribution is 2.27. The molecule has 0 aliphatic carbocycles. The van der Waals surface area contributed by atoms with Gasteiger partial charge in [0.2, 0.25) is 5.91 Å². The number of hydrogen-bond donors (Lipinski definition) is 2. The van der Waals surface area contributed by atoms with Crippen LogP contribution in [0.2, 0.25) is 0 Å². The summed E-state index contributed by atoms with van der Waals surface area (Å²) in [7, 11) is 0. The van der Waals surface area contributed by atoms with Gasteiger partial charge in [-0.05, 0) is 6.92 Å². The molecule has 2 aliphatic rings. The molecular formula is C10H18N2O2. The molecule has 14 heavy (non-hydrogen) atoms. The quantitative estimate of drug-likeness (QED) is 0.593. The minimum absolute atomic E-state index is 0.194. The van der Waals surface area contributed by atoms with E-state index in [-0.39, 0.29) is 23.3 Å². The SMILES string of the molecule is CC1CN(C(=O)C2(C)CNC2)CC1O. The Morgan fingerprint density at radius 2 is 2.14 bits per heavy atom. The number of carbonyl (C=O) groups is 1. The second-order valence-electron chi connectivity index (χ2n) is 4.92. The van der Waals surface area contributed by atoms with Gasteiger partial charge in [-0.15, -0.1) is 0 Å². The molecule has 2 N–H and O–H groups in total. The van der Waals surface area contributed by atoms with Crippen molar-refractivity contribution in [2.45, 2.75) is 20.0 Å². The molecular weight excluding hydrogens is 180 g/mol. The van der Waals surface area contributed by atoms with Gasteiger partial charge >= 0.3 is 0 Å². The summed E-state index contributed by atoms with van der Waals surface area (Å²) in [6.45, 7) is 6.73. The molecule has 2 heterocycles. The predicted molar refractivity (Wildman–Crippen MR) is 52.7 cm³/mol. The van der Waals surface area contributed by atoms with Gasteiger partial charge in [0.05, 0.1) is 11.5 Å². The third kappa shape index (κ3) is 1.42. The number of likely N-dealkylation sites (tertiary alicyclic amines) is 1. The Morgan fingerprint density at radius 1 is 1.50 bits per heavy atom. The second kappa shape index (κ2) is 3.21. The van der Waals surface area contributed by atoms with Gasteiger partial charge in [0.25, 0.3) is 0 Å². The summed E-state index contributed by atoms with van der Waals surface area (Å²) in [5.74, 6) is 0.412. The van der Waals surface area contributed by atoms with E-state index in [0.717, 1.165) is 13.1 Å². The number of β-amino-alcohol motifs (C(OH)–C–C–N with tert-alkyl or cyclic N) is 1. The van der Waals surface area contributed by atoms with Crippen molar-refractivity contribution in [3.8, 4) is 0 Å². The number of nitrogens with zero attached hydrogens (tertiary/aromatic N) is 1. The number of amides is 1. The van der Waals surface area contributed by atoms with Crippen molar-refractivity contribution in [1.82, 2.24) is 10.2 Å². The van der Waals surface area contributed by atoms with Crippen LogP contribution in [0.15, 0.2) is 0 Å². The van der Waals surface area contributed by atoms with Gasteiger partial charge in [0, 0.05) is 32.1 Å². The van der Waals surface area contributed by atoms with Gasteiger partial charge < -0.3 is 15.3 Å². The fraction of sp³-hybridized carbons (Fsp3) is 0.900. The lowest BCUT2D eigenvalue weighted by Crippen LogP contribution is -2.60. The molecule has 0 aromatic heterocycles. The fourth-order valence-corrected chi connectivity index (χ4v) is 2.15. The van der Waals surface area contributed by atoms with Crippen molar-refractivity contribution in [2.75, 3.05) is 26.2 Å². The van der Waals surface area contributed by atoms with Crippen molar-refractivity contribution in [1.29, 1.82) is 0 Å². The highest BCUT2D eigenvalue weighted by Gasteiger charge is 2.44. The number of aliphatic hydroxyl groups excluding tert-OH is 1. The minimum atomic E-state index is -0.337. The molecule has 2 rings (SSSR count). The standard InChI is InChI=1S/C10H18N2O2/c1-7-3-12(4-8(7)13)9(14)10(2)5-11-6-10/h7-8,11,13H,3-6H2,1-2H3. The Morgan fingerprint density at radius 3 is 2.50 bits per heavy atom. The Hall–Kier alpha value is -0.610. The normalized spacial score (nSPS) is 35.5. The zero-order valence-corrected chi connectivity index (χ0v) is 8.79. The van der Waals surface area contributed by atoms with Crippen molar-refractivity contribution >= 4 is 5.91 Å². The summed E-state index contributed by atoms with van der Waals surface area (Å²) in [5, 5.41) is 12.7. The van der Waals surface area contributed by atoms with Gasteiger partial charge in [-0.3, -0.25) is 4.79 Å². The molecule has 2 saturated heterocycles. The van der Waals surface area contributed by atoms with Crippen molar-refractivity contribution in [3.63, 3.8) is 0 Å². The summed E-state index contributed by atoms with van der Waals surface area (Å²) >= 11 is 0. The first kappa shape index (κ1) is 9.93. The molecule has 1 amide bonds. The Labute approximate surface area is 84.3 Å². The van der Waals surface area contributed by atoms with Crippen LogP contribution in [0.3, 0.4) is 0 Å². The topological polar surface area (TPSA) is 52.6 Å². The van der Waals surface area contributed by atoms with E-state index in [1.165, 1.54) is 0 Å². The lowest BCUT2D eigenvalue weighted by molar-refractivity contribution is -0.143. The molecule has 0 aromatic carbocycles. The van der Waals surface area contributed by atoms with Crippen molar-refractivity contribution in [3.05, 3.63) is 0 Å². The number of aliphatic hydroxyl groups is 1. The molecule has 0 bridgehead atoms. The zero-order valence-electron chi connectivity index (χ0n) is 8.79. The molecule has 0 aromatic rings. The van der Waals surface area contributed by atoms with E-state index in [9.17, 15) is 9.90 Å². The van der Waals surface area contributed by atoms with Crippen LogP contribution in [0, 0.1) is 11.3 Å². The molecule has 2 fully saturated rings. The Bertz CT molecular complexity index is 241. The summed E-state index contributed by atoms with van der Waals surface area (Å²) in [6.07, 6.45) is -0.337. The first-order chi connectivity index (χ1) is 6.53. The van der Waals surface area contributed by atoms with Gasteiger partial charge in [0.1, 0.15) is 0 Å². The van der Waals surface area contributed by atoms with E-state index in [0.29, 0.717) is 13.1 Å². The van der Waals surface area contributed by atoms with Gasteiger partial charge in [-0.2, -0.15) is 0 Å². The maximum absolute atomic E-state index is 12.0. The van der Waals surface area contributed by atoms with Crippen LogP contribution in [-0.4, -0.2) is 48.2 Å². The first-order valence-corrected chi connectivity index (χ1v) is 5.21. The maximum Gasteiger partial charge on any atom is 0.231 e. The summed E-state index contributed by atoms with van der Waals surface area (Å²) < 4.78 is 0. The lowest BCUT2D eigenvalue weighted by Gasteiger charge is -2.40. The van der Waals surface area contributed by atoms with Gasteiger partial charge in [0.15, 0.2) is 0 Å². The first-order valence-electron chi connectivity index (χ1n) is 5.21. The van der Waals surface area contributed by atoms with Gasteiger partial charge in [-0.25, -0.2) is 0 Å². The van der Waals surface area contributed by atoms with Crippen molar-refractivity contribution < 1.29 is 9.90 Å². The van der Waals surface area contributed by atoms with E-state index in [4.69, 9.17) is 0 Å². The average molecular weight is 198 g/mol. The number of carbonyl (C=O) groups excluding carboxylic acids is 1. The van der Waals surface area contributed by atoms with Crippen LogP contribution >= 0.6 is 0 Å². The summed E-state index contributed by atoms with van der Waals surface area (Å²) in [5.41, 5.74) is -0.218. The highest BCUT2D eigenvalue weighted by atomic mass is 16.3. The molecule has 80 valence electrons. The fourth-order valence-electron chi connectivity index (χ4n) is 2.15.